The molecule has 0 aliphatic carbocycles. The minimum Gasteiger partial charge on any atom is -0.480 e. The summed E-state index contributed by atoms with van der Waals surface area (Å²) in [6, 6.07) is -1.15. The summed E-state index contributed by atoms with van der Waals surface area (Å²) in [6.45, 7) is 0. The third-order valence-electron chi connectivity index (χ3n) is 1.28. The minimum atomic E-state index is -1.21. The maximum Gasteiger partial charge on any atom is 0.320 e. The molecule has 0 saturated carbocycles. The zero-order valence-corrected chi connectivity index (χ0v) is 6.43. The van der Waals surface area contributed by atoms with E-state index < -0.39 is 24.0 Å². The van der Waals surface area contributed by atoms with Crippen LogP contribution in [0.4, 0.5) is 0 Å². The summed E-state index contributed by atoms with van der Waals surface area (Å²) >= 11 is 0. The predicted molar refractivity (Wildman–Crippen MR) is 40.0 cm³/mol. The molecule has 0 radical (unpaired) electrons. The number of aliphatic hydroxyl groups excluding tert-OH is 1. The van der Waals surface area contributed by atoms with Crippen LogP contribution in [0.25, 0.3) is 0 Å². The van der Waals surface area contributed by atoms with Crippen molar-refractivity contribution in [2.45, 2.75) is 25.0 Å². The lowest BCUT2D eigenvalue weighted by Crippen LogP contribution is -2.35. The van der Waals surface area contributed by atoms with Crippen molar-refractivity contribution < 1.29 is 19.8 Å². The fourth-order valence-electron chi connectivity index (χ4n) is 0.710. The number of amides is 1. The van der Waals surface area contributed by atoms with E-state index >= 15 is 0 Å². The Balaban J connectivity index is 3.76. The van der Waals surface area contributed by atoms with Gasteiger partial charge in [0.2, 0.25) is 5.91 Å². The molecule has 0 bridgehead atoms. The van der Waals surface area contributed by atoms with Crippen molar-refractivity contribution in [3.8, 4) is 0 Å². The van der Waals surface area contributed by atoms with E-state index in [1.165, 1.54) is 0 Å². The van der Waals surface area contributed by atoms with Crippen LogP contribution in [-0.4, -0.2) is 34.2 Å². The molecule has 0 saturated heterocycles. The predicted octanol–water partition coefficient (Wildman–Crippen LogP) is -1.98. The lowest BCUT2D eigenvalue weighted by molar-refractivity contribution is -0.139. The van der Waals surface area contributed by atoms with E-state index in [-0.39, 0.29) is 12.8 Å². The van der Waals surface area contributed by atoms with Crippen molar-refractivity contribution in [1.29, 1.82) is 0 Å². The highest BCUT2D eigenvalue weighted by Crippen LogP contribution is 2.00. The van der Waals surface area contributed by atoms with Gasteiger partial charge in [-0.25, -0.2) is 0 Å². The Bertz CT molecular complexity index is 182. The normalized spacial score (nSPS) is 15.2. The van der Waals surface area contributed by atoms with Crippen LogP contribution >= 0.6 is 0 Å². The van der Waals surface area contributed by atoms with Crippen LogP contribution in [0.3, 0.4) is 0 Å². The number of carboxylic acids is 1. The second-order valence-electron chi connectivity index (χ2n) is 2.50. The molecule has 2 atom stereocenters. The lowest BCUT2D eigenvalue weighted by Gasteiger charge is -2.10. The Morgan fingerprint density at radius 2 is 1.92 bits per heavy atom. The van der Waals surface area contributed by atoms with Crippen LogP contribution in [0.1, 0.15) is 12.8 Å². The highest BCUT2D eigenvalue weighted by Gasteiger charge is 2.17. The number of carbonyl (C=O) groups is 2. The quantitative estimate of drug-likeness (QED) is 0.386. The number of carbonyl (C=O) groups excluding carboxylic acids is 1. The topological polar surface area (TPSA) is 127 Å². The van der Waals surface area contributed by atoms with E-state index in [1.807, 2.05) is 0 Å². The molecule has 0 aromatic heterocycles. The molecule has 0 spiro atoms. The third-order valence-corrected chi connectivity index (χ3v) is 1.28. The Hall–Kier alpha value is -1.14. The van der Waals surface area contributed by atoms with E-state index in [0.717, 1.165) is 0 Å². The van der Waals surface area contributed by atoms with Gasteiger partial charge in [0.15, 0.2) is 0 Å². The van der Waals surface area contributed by atoms with Gasteiger partial charge in [0.05, 0.1) is 12.5 Å². The fourth-order valence-corrected chi connectivity index (χ4v) is 0.710. The van der Waals surface area contributed by atoms with Crippen LogP contribution in [0, 0.1) is 0 Å². The Morgan fingerprint density at radius 3 is 2.25 bits per heavy atom. The van der Waals surface area contributed by atoms with E-state index in [0.29, 0.717) is 0 Å². The van der Waals surface area contributed by atoms with Gasteiger partial charge >= 0.3 is 5.97 Å². The van der Waals surface area contributed by atoms with Crippen molar-refractivity contribution >= 4 is 11.9 Å². The van der Waals surface area contributed by atoms with Gasteiger partial charge in [0.1, 0.15) is 6.04 Å². The molecule has 6 nitrogen and oxygen atoms in total. The van der Waals surface area contributed by atoms with Crippen molar-refractivity contribution in [2.75, 3.05) is 0 Å². The molecule has 70 valence electrons. The van der Waals surface area contributed by atoms with Crippen molar-refractivity contribution in [2.24, 2.45) is 11.5 Å². The second kappa shape index (κ2) is 4.68. The van der Waals surface area contributed by atoms with Crippen LogP contribution in [0.15, 0.2) is 0 Å². The molecule has 12 heavy (non-hydrogen) atoms. The smallest absolute Gasteiger partial charge is 0.320 e. The highest BCUT2D eigenvalue weighted by molar-refractivity contribution is 5.75. The molecule has 0 rings (SSSR count). The van der Waals surface area contributed by atoms with Gasteiger partial charge < -0.3 is 21.7 Å². The Morgan fingerprint density at radius 1 is 1.42 bits per heavy atom. The molecule has 1 amide bonds. The van der Waals surface area contributed by atoms with Gasteiger partial charge in [-0.15, -0.1) is 0 Å². The number of primary amides is 1. The SMILES string of the molecule is NC(=O)CC(O)CC(N)C(=O)O. The average Bonchev–Trinajstić information content (AvgIpc) is 1.84. The summed E-state index contributed by atoms with van der Waals surface area (Å²) in [4.78, 5) is 20.4. The maximum absolute atomic E-state index is 10.2. The molecule has 6 N–H and O–H groups in total. The number of carboxylic acid groups (broad SMARTS) is 1. The Kier molecular flexibility index (Phi) is 4.24. The van der Waals surface area contributed by atoms with E-state index in [2.05, 4.69) is 0 Å². The van der Waals surface area contributed by atoms with Crippen LogP contribution in [0.2, 0.25) is 0 Å². The van der Waals surface area contributed by atoms with Gasteiger partial charge in [-0.05, 0) is 6.42 Å². The summed E-state index contributed by atoms with van der Waals surface area (Å²) in [5.74, 6) is -1.89. The molecular weight excluding hydrogens is 164 g/mol. The van der Waals surface area contributed by atoms with Crippen molar-refractivity contribution in [1.82, 2.24) is 0 Å². The van der Waals surface area contributed by atoms with Gasteiger partial charge in [-0.3, -0.25) is 9.59 Å². The number of nitrogens with two attached hydrogens (primary N) is 2. The molecule has 0 aromatic rings. The van der Waals surface area contributed by atoms with Crippen LogP contribution < -0.4 is 11.5 Å². The van der Waals surface area contributed by atoms with Crippen LogP contribution in [-0.2, 0) is 9.59 Å². The summed E-state index contributed by atoms with van der Waals surface area (Å²) in [7, 11) is 0. The lowest BCUT2D eigenvalue weighted by atomic mass is 10.1. The molecule has 0 aliphatic rings. The number of hydrogen-bond acceptors (Lipinski definition) is 4. The van der Waals surface area contributed by atoms with E-state index in [4.69, 9.17) is 21.7 Å². The first kappa shape index (κ1) is 10.9. The van der Waals surface area contributed by atoms with Gasteiger partial charge in [-0.1, -0.05) is 0 Å². The fraction of sp³-hybridized carbons (Fsp3) is 0.667. The molecule has 0 aromatic carbocycles. The van der Waals surface area contributed by atoms with Gasteiger partial charge in [0, 0.05) is 0 Å². The summed E-state index contributed by atoms with van der Waals surface area (Å²) in [5.41, 5.74) is 9.84. The molecule has 6 heteroatoms. The standard InChI is InChI=1S/C6H12N2O4/c7-4(6(11)12)1-3(9)2-5(8)10/h3-4,9H,1-2,7H2,(H2,8,10)(H,11,12). The van der Waals surface area contributed by atoms with Gasteiger partial charge in [0.25, 0.3) is 0 Å². The Labute approximate surface area is 69.2 Å². The van der Waals surface area contributed by atoms with Crippen molar-refractivity contribution in [3.63, 3.8) is 0 Å². The first-order valence-electron chi connectivity index (χ1n) is 3.38. The summed E-state index contributed by atoms with van der Waals surface area (Å²) in [6.07, 6.45) is -1.51. The molecule has 0 aliphatic heterocycles. The molecule has 0 fully saturated rings. The molecular formula is C6H12N2O4. The summed E-state index contributed by atoms with van der Waals surface area (Å²) < 4.78 is 0. The molecule has 2 unspecified atom stereocenters. The number of aliphatic carboxylic acids is 1. The van der Waals surface area contributed by atoms with Crippen LogP contribution in [0.5, 0.6) is 0 Å². The van der Waals surface area contributed by atoms with E-state index in [9.17, 15) is 9.59 Å². The number of rotatable bonds is 5. The number of hydrogen-bond donors (Lipinski definition) is 4. The minimum absolute atomic E-state index is 0.168. The van der Waals surface area contributed by atoms with E-state index in [1.54, 1.807) is 0 Å². The van der Waals surface area contributed by atoms with Gasteiger partial charge in [-0.2, -0.15) is 0 Å². The zero-order valence-electron chi connectivity index (χ0n) is 6.43. The maximum atomic E-state index is 10.2. The number of aliphatic hydroxyl groups is 1. The largest absolute Gasteiger partial charge is 0.480 e. The van der Waals surface area contributed by atoms with Crippen molar-refractivity contribution in [3.05, 3.63) is 0 Å². The first-order valence-corrected chi connectivity index (χ1v) is 3.38. The third kappa shape index (κ3) is 4.64. The molecule has 0 heterocycles. The monoisotopic (exact) mass is 176 g/mol. The zero-order chi connectivity index (χ0) is 9.72. The summed E-state index contributed by atoms with van der Waals surface area (Å²) in [5, 5.41) is 17.3. The second-order valence-corrected chi connectivity index (χ2v) is 2.50. The average molecular weight is 176 g/mol. The first-order chi connectivity index (χ1) is 5.43. The highest BCUT2D eigenvalue weighted by atomic mass is 16.4.